The fraction of sp³-hybridized carbons (Fsp3) is 0.391. The quantitative estimate of drug-likeness (QED) is 0.621. The maximum atomic E-state index is 13.3. The van der Waals surface area contributed by atoms with Crippen LogP contribution in [0.15, 0.2) is 35.7 Å². The average molecular weight is 501 g/mol. The molecule has 34 heavy (non-hydrogen) atoms. The van der Waals surface area contributed by atoms with Crippen LogP contribution in [-0.2, 0) is 21.2 Å². The van der Waals surface area contributed by atoms with Crippen LogP contribution in [0.1, 0.15) is 45.7 Å². The van der Waals surface area contributed by atoms with Gasteiger partial charge in [-0.2, -0.15) is 0 Å². The molecule has 0 bridgehead atoms. The van der Waals surface area contributed by atoms with Crippen molar-refractivity contribution < 1.29 is 22.8 Å². The highest BCUT2D eigenvalue weighted by Gasteiger charge is 2.46. The Kier molecular flexibility index (Phi) is 5.56. The molecule has 5 rings (SSSR count). The highest BCUT2D eigenvalue weighted by molar-refractivity contribution is 7.92. The van der Waals surface area contributed by atoms with E-state index in [1.165, 1.54) is 16.2 Å². The fourth-order valence-electron chi connectivity index (χ4n) is 5.15. The molecule has 1 aromatic carbocycles. The summed E-state index contributed by atoms with van der Waals surface area (Å²) in [4.78, 5) is 45.2. The molecular weight excluding hydrogens is 476 g/mol. The molecule has 2 fully saturated rings. The molecule has 2 aromatic rings. The lowest BCUT2D eigenvalue weighted by molar-refractivity contribution is -0.114. The number of rotatable bonds is 5. The van der Waals surface area contributed by atoms with Gasteiger partial charge in [-0.3, -0.25) is 14.4 Å². The monoisotopic (exact) mass is 500 g/mol. The lowest BCUT2D eigenvalue weighted by Crippen LogP contribution is -2.54. The molecule has 2 unspecified atom stereocenters. The molecule has 2 N–H and O–H groups in total. The minimum absolute atomic E-state index is 0.0162. The van der Waals surface area contributed by atoms with E-state index in [1.54, 1.807) is 22.4 Å². The number of benzene rings is 1. The van der Waals surface area contributed by atoms with E-state index in [0.717, 1.165) is 17.5 Å². The van der Waals surface area contributed by atoms with E-state index < -0.39 is 21.0 Å². The van der Waals surface area contributed by atoms with Crippen molar-refractivity contribution in [1.82, 2.24) is 14.8 Å². The van der Waals surface area contributed by atoms with E-state index in [2.05, 4.69) is 11.6 Å². The number of carbonyl (C=O) groups is 3. The predicted molar refractivity (Wildman–Crippen MR) is 127 cm³/mol. The zero-order chi connectivity index (χ0) is 24.2. The molecule has 0 radical (unpaired) electrons. The van der Waals surface area contributed by atoms with Crippen LogP contribution in [0.4, 0.5) is 0 Å². The van der Waals surface area contributed by atoms with E-state index >= 15 is 0 Å². The minimum atomic E-state index is -3.16. The first-order valence-electron chi connectivity index (χ1n) is 11.0. The van der Waals surface area contributed by atoms with Crippen molar-refractivity contribution in [3.8, 4) is 10.6 Å². The summed E-state index contributed by atoms with van der Waals surface area (Å²) in [5.74, 6) is -1.13. The molecule has 11 heteroatoms. The van der Waals surface area contributed by atoms with Gasteiger partial charge in [-0.1, -0.05) is 18.7 Å². The van der Waals surface area contributed by atoms with E-state index in [-0.39, 0.29) is 54.5 Å². The maximum Gasteiger partial charge on any atom is 0.273 e. The molecule has 1 saturated heterocycles. The van der Waals surface area contributed by atoms with Crippen LogP contribution < -0.4 is 5.73 Å². The van der Waals surface area contributed by atoms with Gasteiger partial charge in [0.05, 0.1) is 17.5 Å². The van der Waals surface area contributed by atoms with Crippen LogP contribution in [0.2, 0.25) is 0 Å². The summed E-state index contributed by atoms with van der Waals surface area (Å²) in [5, 5.41) is 1.82. The fourth-order valence-corrected chi connectivity index (χ4v) is 8.03. The van der Waals surface area contributed by atoms with Crippen molar-refractivity contribution in [2.24, 2.45) is 5.73 Å². The first-order valence-corrected chi connectivity index (χ1v) is 13.6. The Morgan fingerprint density at radius 1 is 1.24 bits per heavy atom. The number of aromatic nitrogens is 1. The van der Waals surface area contributed by atoms with Crippen molar-refractivity contribution in [3.63, 3.8) is 0 Å². The van der Waals surface area contributed by atoms with Gasteiger partial charge in [0.2, 0.25) is 5.91 Å². The molecule has 3 amide bonds. The number of thiazole rings is 1. The average Bonchev–Trinajstić information content (AvgIpc) is 3.54. The summed E-state index contributed by atoms with van der Waals surface area (Å²) in [5.41, 5.74) is 7.75. The first-order chi connectivity index (χ1) is 16.2. The number of hydrogen-bond donors (Lipinski definition) is 1. The molecule has 1 aliphatic carbocycles. The third-order valence-corrected chi connectivity index (χ3v) is 9.98. The zero-order valence-electron chi connectivity index (χ0n) is 18.4. The van der Waals surface area contributed by atoms with E-state index in [1.807, 2.05) is 6.07 Å². The van der Waals surface area contributed by atoms with Crippen molar-refractivity contribution in [1.29, 1.82) is 0 Å². The minimum Gasteiger partial charge on any atom is -0.366 e. The Morgan fingerprint density at radius 2 is 2.00 bits per heavy atom. The van der Waals surface area contributed by atoms with Gasteiger partial charge in [0.15, 0.2) is 9.84 Å². The van der Waals surface area contributed by atoms with Crippen LogP contribution in [0.5, 0.6) is 0 Å². The Bertz CT molecular complexity index is 1330. The maximum absolute atomic E-state index is 13.3. The lowest BCUT2D eigenvalue weighted by atomic mass is 10.0. The Balaban J connectivity index is 1.40. The van der Waals surface area contributed by atoms with Crippen molar-refractivity contribution in [2.75, 3.05) is 18.8 Å². The van der Waals surface area contributed by atoms with Gasteiger partial charge in [-0.15, -0.1) is 11.3 Å². The topological polar surface area (TPSA) is 131 Å². The summed E-state index contributed by atoms with van der Waals surface area (Å²) < 4.78 is 24.8. The summed E-state index contributed by atoms with van der Waals surface area (Å²) in [6.45, 7) is 4.15. The second-order valence-corrected chi connectivity index (χ2v) is 12.1. The molecule has 2 aliphatic heterocycles. The van der Waals surface area contributed by atoms with Gasteiger partial charge in [-0.05, 0) is 30.9 Å². The van der Waals surface area contributed by atoms with Gasteiger partial charge < -0.3 is 15.5 Å². The van der Waals surface area contributed by atoms with Gasteiger partial charge >= 0.3 is 0 Å². The third kappa shape index (κ3) is 3.72. The zero-order valence-corrected chi connectivity index (χ0v) is 20.0. The van der Waals surface area contributed by atoms with Crippen LogP contribution in [-0.4, -0.2) is 71.1 Å². The largest absolute Gasteiger partial charge is 0.366 e. The Morgan fingerprint density at radius 3 is 2.76 bits per heavy atom. The Labute approximate surface area is 201 Å². The molecule has 178 valence electrons. The molecule has 3 aliphatic rings. The number of sulfone groups is 1. The van der Waals surface area contributed by atoms with Crippen LogP contribution in [0.25, 0.3) is 10.6 Å². The second-order valence-electron chi connectivity index (χ2n) is 8.90. The lowest BCUT2D eigenvalue weighted by Gasteiger charge is -2.37. The van der Waals surface area contributed by atoms with Crippen molar-refractivity contribution >= 4 is 38.9 Å². The van der Waals surface area contributed by atoms with E-state index in [9.17, 15) is 22.8 Å². The molecule has 9 nitrogen and oxygen atoms in total. The standard InChI is InChI=1S/C23H24N4O5S2/c1-13(20(24)28)10-26-11-16-14(4-2-5-15(16)22(26)29)21-25-17(12-33-21)23(30)27-8-9-34(31,32)19-7-3-6-18(19)27/h2,4-5,12,18-19H,1,3,6-11H2,(H2,24,28). The van der Waals surface area contributed by atoms with Gasteiger partial charge in [-0.25, -0.2) is 13.4 Å². The molecule has 0 spiro atoms. The van der Waals surface area contributed by atoms with Gasteiger partial charge in [0.25, 0.3) is 11.8 Å². The number of hydrogen-bond acceptors (Lipinski definition) is 7. The van der Waals surface area contributed by atoms with Crippen LogP contribution in [0, 0.1) is 0 Å². The third-order valence-electron chi connectivity index (χ3n) is 6.88. The number of fused-ring (bicyclic) bond motifs is 2. The number of nitrogens with zero attached hydrogens (tertiary/aromatic N) is 3. The highest BCUT2D eigenvalue weighted by atomic mass is 32.2. The first kappa shape index (κ1) is 22.7. The molecule has 1 saturated carbocycles. The summed E-state index contributed by atoms with van der Waals surface area (Å²) in [6.07, 6.45) is 2.08. The summed E-state index contributed by atoms with van der Waals surface area (Å²) in [7, 11) is -3.16. The molecule has 1 aromatic heterocycles. The Hall–Kier alpha value is -3.05. The second kappa shape index (κ2) is 8.31. The smallest absolute Gasteiger partial charge is 0.273 e. The number of carbonyl (C=O) groups excluding carboxylic acids is 3. The van der Waals surface area contributed by atoms with Crippen LogP contribution >= 0.6 is 11.3 Å². The number of primary amides is 1. The van der Waals surface area contributed by atoms with Crippen molar-refractivity contribution in [3.05, 3.63) is 52.6 Å². The highest BCUT2D eigenvalue weighted by Crippen LogP contribution is 2.37. The van der Waals surface area contributed by atoms with E-state index in [4.69, 9.17) is 5.73 Å². The van der Waals surface area contributed by atoms with E-state index in [0.29, 0.717) is 23.4 Å². The number of nitrogens with two attached hydrogens (primary N) is 1. The molecular formula is C23H24N4O5S2. The van der Waals surface area contributed by atoms with Crippen LogP contribution in [0.3, 0.4) is 0 Å². The normalized spacial score (nSPS) is 23.0. The molecule has 2 atom stereocenters. The predicted octanol–water partition coefficient (Wildman–Crippen LogP) is 1.60. The van der Waals surface area contributed by atoms with Gasteiger partial charge in [0.1, 0.15) is 10.7 Å². The SMILES string of the molecule is C=C(CN1Cc2c(cccc2-c2nc(C(=O)N3CCS(=O)(=O)C4CCCC43)cs2)C1=O)C(N)=O. The summed E-state index contributed by atoms with van der Waals surface area (Å²) >= 11 is 1.31. The summed E-state index contributed by atoms with van der Waals surface area (Å²) in [6, 6.07) is 5.05. The molecule has 3 heterocycles. The van der Waals surface area contributed by atoms with Gasteiger partial charge in [0, 0.05) is 41.2 Å². The number of amides is 3. The van der Waals surface area contributed by atoms with Crippen molar-refractivity contribution in [2.45, 2.75) is 37.1 Å².